The first kappa shape index (κ1) is 17.7. The van der Waals surface area contributed by atoms with Crippen molar-refractivity contribution in [1.29, 1.82) is 0 Å². The Hall–Kier alpha value is -1.60. The molecule has 0 unspecified atom stereocenters. The number of rotatable bonds is 6. The van der Waals surface area contributed by atoms with Crippen LogP contribution in [-0.4, -0.2) is 47.2 Å². The van der Waals surface area contributed by atoms with Gasteiger partial charge in [-0.2, -0.15) is 0 Å². The molecule has 1 fully saturated rings. The summed E-state index contributed by atoms with van der Waals surface area (Å²) in [5.41, 5.74) is 1.80. The number of anilines is 1. The number of aryl methyl sites for hydroxylation is 1. The molecule has 2 rings (SSSR count). The summed E-state index contributed by atoms with van der Waals surface area (Å²) in [5.74, 6) is -0.813. The number of urea groups is 1. The van der Waals surface area contributed by atoms with Gasteiger partial charge < -0.3 is 15.7 Å². The Balaban J connectivity index is 1.77. The first-order chi connectivity index (χ1) is 10.9. The third kappa shape index (κ3) is 4.94. The molecule has 1 aromatic rings. The van der Waals surface area contributed by atoms with Gasteiger partial charge in [-0.1, -0.05) is 22.9 Å². The predicted molar refractivity (Wildman–Crippen MR) is 92.7 cm³/mol. The zero-order valence-electron chi connectivity index (χ0n) is 13.3. The third-order valence-corrected chi connectivity index (χ3v) is 5.01. The van der Waals surface area contributed by atoms with Crippen molar-refractivity contribution in [2.24, 2.45) is 0 Å². The molecule has 0 bridgehead atoms. The zero-order valence-corrected chi connectivity index (χ0v) is 14.9. The van der Waals surface area contributed by atoms with E-state index in [0.29, 0.717) is 6.54 Å². The first-order valence-electron chi connectivity index (χ1n) is 7.68. The molecule has 1 aliphatic carbocycles. The fourth-order valence-electron chi connectivity index (χ4n) is 2.75. The van der Waals surface area contributed by atoms with Crippen molar-refractivity contribution < 1.29 is 14.7 Å². The van der Waals surface area contributed by atoms with E-state index < -0.39 is 5.97 Å². The van der Waals surface area contributed by atoms with Gasteiger partial charge in [0.1, 0.15) is 0 Å². The van der Waals surface area contributed by atoms with Gasteiger partial charge in [-0.25, -0.2) is 4.79 Å². The summed E-state index contributed by atoms with van der Waals surface area (Å²) in [4.78, 5) is 24.7. The molecule has 23 heavy (non-hydrogen) atoms. The number of hydrogen-bond acceptors (Lipinski definition) is 3. The van der Waals surface area contributed by atoms with E-state index in [1.165, 1.54) is 0 Å². The Morgan fingerprint density at radius 2 is 2.09 bits per heavy atom. The maximum atomic E-state index is 12.0. The number of carbonyl (C=O) groups is 2. The average Bonchev–Trinajstić information content (AvgIpc) is 2.44. The van der Waals surface area contributed by atoms with E-state index in [9.17, 15) is 9.59 Å². The summed E-state index contributed by atoms with van der Waals surface area (Å²) >= 11 is 3.43. The number of nitrogens with one attached hydrogen (secondary N) is 2. The smallest absolute Gasteiger partial charge is 0.319 e. The number of carbonyl (C=O) groups excluding carboxylic acids is 1. The summed E-state index contributed by atoms with van der Waals surface area (Å²) < 4.78 is 1.00. The minimum absolute atomic E-state index is 0.0538. The van der Waals surface area contributed by atoms with Crippen molar-refractivity contribution in [3.8, 4) is 0 Å². The highest BCUT2D eigenvalue weighted by Crippen LogP contribution is 2.26. The van der Waals surface area contributed by atoms with Crippen LogP contribution in [0.2, 0.25) is 0 Å². The van der Waals surface area contributed by atoms with E-state index >= 15 is 0 Å². The standard InChI is InChI=1S/C16H22BrN3O3/c1-3-20(9-15(21)22)13-7-12(8-13)19-16(23)18-11-4-5-14(17)10(2)6-11/h4-6,12-13H,3,7-9H2,1-2H3,(H,21,22)(H2,18,19,23). The second kappa shape index (κ2) is 7.79. The van der Waals surface area contributed by atoms with E-state index in [-0.39, 0.29) is 24.7 Å². The van der Waals surface area contributed by atoms with Crippen LogP contribution >= 0.6 is 15.9 Å². The minimum atomic E-state index is -0.813. The molecule has 1 saturated carbocycles. The molecular weight excluding hydrogens is 362 g/mol. The first-order valence-corrected chi connectivity index (χ1v) is 8.47. The highest BCUT2D eigenvalue weighted by atomic mass is 79.9. The number of likely N-dealkylation sites (N-methyl/N-ethyl adjacent to an activating group) is 1. The van der Waals surface area contributed by atoms with Crippen LogP contribution in [0.15, 0.2) is 22.7 Å². The highest BCUT2D eigenvalue weighted by molar-refractivity contribution is 9.10. The lowest BCUT2D eigenvalue weighted by Crippen LogP contribution is -2.55. The second-order valence-corrected chi connectivity index (χ2v) is 6.70. The van der Waals surface area contributed by atoms with Gasteiger partial charge in [0.25, 0.3) is 0 Å². The van der Waals surface area contributed by atoms with Crippen LogP contribution in [0, 0.1) is 6.92 Å². The Labute approximate surface area is 144 Å². The molecule has 0 saturated heterocycles. The van der Waals surface area contributed by atoms with Crippen molar-refractivity contribution in [3.05, 3.63) is 28.2 Å². The SMILES string of the molecule is CCN(CC(=O)O)C1CC(NC(=O)Nc2ccc(Br)c(C)c2)C1. The fraction of sp³-hybridized carbons (Fsp3) is 0.500. The van der Waals surface area contributed by atoms with Crippen LogP contribution in [0.1, 0.15) is 25.3 Å². The van der Waals surface area contributed by atoms with Crippen molar-refractivity contribution in [2.75, 3.05) is 18.4 Å². The Morgan fingerprint density at radius 1 is 1.39 bits per heavy atom. The summed E-state index contributed by atoms with van der Waals surface area (Å²) in [6, 6.07) is 5.74. The molecule has 0 spiro atoms. The molecule has 1 aromatic carbocycles. The van der Waals surface area contributed by atoms with Gasteiger partial charge in [0.15, 0.2) is 0 Å². The average molecular weight is 384 g/mol. The Kier molecular flexibility index (Phi) is 6.01. The fourth-order valence-corrected chi connectivity index (χ4v) is 3.00. The van der Waals surface area contributed by atoms with E-state index in [1.54, 1.807) is 0 Å². The van der Waals surface area contributed by atoms with Crippen LogP contribution in [0.25, 0.3) is 0 Å². The summed E-state index contributed by atoms with van der Waals surface area (Å²) in [5, 5.41) is 14.6. The molecule has 126 valence electrons. The van der Waals surface area contributed by atoms with Crippen LogP contribution < -0.4 is 10.6 Å². The molecule has 7 heteroatoms. The molecule has 0 aromatic heterocycles. The molecular formula is C16H22BrN3O3. The van der Waals surface area contributed by atoms with Crippen molar-refractivity contribution in [1.82, 2.24) is 10.2 Å². The molecule has 0 aliphatic heterocycles. The van der Waals surface area contributed by atoms with Gasteiger partial charge in [-0.05, 0) is 50.1 Å². The van der Waals surface area contributed by atoms with Gasteiger partial charge in [-0.15, -0.1) is 0 Å². The maximum Gasteiger partial charge on any atom is 0.319 e. The topological polar surface area (TPSA) is 81.7 Å². The largest absolute Gasteiger partial charge is 0.480 e. The van der Waals surface area contributed by atoms with Crippen LogP contribution in [0.4, 0.5) is 10.5 Å². The Bertz CT molecular complexity index is 588. The monoisotopic (exact) mass is 383 g/mol. The van der Waals surface area contributed by atoms with Crippen molar-refractivity contribution in [3.63, 3.8) is 0 Å². The normalized spacial score (nSPS) is 20.0. The number of hydrogen-bond donors (Lipinski definition) is 3. The van der Waals surface area contributed by atoms with Gasteiger partial charge in [-0.3, -0.25) is 9.69 Å². The lowest BCUT2D eigenvalue weighted by atomic mass is 9.85. The van der Waals surface area contributed by atoms with E-state index in [2.05, 4.69) is 26.6 Å². The van der Waals surface area contributed by atoms with Crippen molar-refractivity contribution in [2.45, 2.75) is 38.8 Å². The van der Waals surface area contributed by atoms with Gasteiger partial charge in [0.05, 0.1) is 6.54 Å². The lowest BCUT2D eigenvalue weighted by molar-refractivity contribution is -0.139. The zero-order chi connectivity index (χ0) is 17.0. The number of carboxylic acid groups (broad SMARTS) is 1. The molecule has 6 nitrogen and oxygen atoms in total. The predicted octanol–water partition coefficient (Wildman–Crippen LogP) is 2.82. The maximum absolute atomic E-state index is 12.0. The molecule has 3 N–H and O–H groups in total. The lowest BCUT2D eigenvalue weighted by Gasteiger charge is -2.42. The van der Waals surface area contributed by atoms with Crippen molar-refractivity contribution >= 4 is 33.6 Å². The van der Waals surface area contributed by atoms with Gasteiger partial charge in [0, 0.05) is 22.2 Å². The highest BCUT2D eigenvalue weighted by Gasteiger charge is 2.34. The van der Waals surface area contributed by atoms with Crippen LogP contribution in [-0.2, 0) is 4.79 Å². The van der Waals surface area contributed by atoms with E-state index in [1.807, 2.05) is 36.9 Å². The number of carboxylic acids is 1. The minimum Gasteiger partial charge on any atom is -0.480 e. The molecule has 1 aliphatic rings. The summed E-state index contributed by atoms with van der Waals surface area (Å²) in [6.07, 6.45) is 1.57. The quantitative estimate of drug-likeness (QED) is 0.705. The van der Waals surface area contributed by atoms with E-state index in [0.717, 1.165) is 28.6 Å². The number of amides is 2. The van der Waals surface area contributed by atoms with Gasteiger partial charge in [0.2, 0.25) is 0 Å². The number of aliphatic carboxylic acids is 1. The third-order valence-electron chi connectivity index (χ3n) is 4.13. The molecule has 0 heterocycles. The molecule has 0 atom stereocenters. The van der Waals surface area contributed by atoms with Gasteiger partial charge >= 0.3 is 12.0 Å². The molecule has 2 amide bonds. The number of benzene rings is 1. The molecule has 0 radical (unpaired) electrons. The van der Waals surface area contributed by atoms with E-state index in [4.69, 9.17) is 5.11 Å². The summed E-state index contributed by atoms with van der Waals surface area (Å²) in [6.45, 7) is 4.67. The van der Waals surface area contributed by atoms with Crippen LogP contribution in [0.3, 0.4) is 0 Å². The Morgan fingerprint density at radius 3 is 2.65 bits per heavy atom. The second-order valence-electron chi connectivity index (χ2n) is 5.84. The number of halogens is 1. The van der Waals surface area contributed by atoms with Crippen LogP contribution in [0.5, 0.6) is 0 Å². The summed E-state index contributed by atoms with van der Waals surface area (Å²) in [7, 11) is 0. The number of nitrogens with zero attached hydrogens (tertiary/aromatic N) is 1.